The summed E-state index contributed by atoms with van der Waals surface area (Å²) < 4.78 is 7.70. The van der Waals surface area contributed by atoms with Crippen LogP contribution in [0, 0.1) is 0 Å². The molecule has 0 aliphatic rings. The number of ketones is 1. The van der Waals surface area contributed by atoms with Gasteiger partial charge in [0.05, 0.1) is 22.9 Å². The summed E-state index contributed by atoms with van der Waals surface area (Å²) in [6.07, 6.45) is -0.0689. The van der Waals surface area contributed by atoms with E-state index in [4.69, 9.17) is 4.74 Å². The first-order chi connectivity index (χ1) is 8.65. The molecule has 1 N–H and O–H groups in total. The zero-order valence-corrected chi connectivity index (χ0v) is 13.9. The van der Waals surface area contributed by atoms with E-state index in [2.05, 4.69) is 3.53 Å². The van der Waals surface area contributed by atoms with Gasteiger partial charge in [0.25, 0.3) is 0 Å². The van der Waals surface area contributed by atoms with E-state index in [-0.39, 0.29) is 37.6 Å². The van der Waals surface area contributed by atoms with Gasteiger partial charge in [0.1, 0.15) is 11.4 Å². The van der Waals surface area contributed by atoms with Crippen LogP contribution in [0.5, 0.6) is 0 Å². The third-order valence-corrected chi connectivity index (χ3v) is 2.70. The maximum absolute atomic E-state index is 11.9. The predicted molar refractivity (Wildman–Crippen MR) is 79.9 cm³/mol. The Morgan fingerprint density at radius 2 is 1.68 bits per heavy atom. The summed E-state index contributed by atoms with van der Waals surface area (Å²) in [5, 5.41) is 0. The van der Waals surface area contributed by atoms with Crippen LogP contribution in [0.1, 0.15) is 40.5 Å². The average molecular weight is 384 g/mol. The maximum Gasteiger partial charge on any atom is 0.410 e. The second kappa shape index (κ2) is 8.34. The number of Topliss-reactive ketones (excluding diaryl/α,β-unsaturated/α-hetero) is 1. The highest BCUT2D eigenvalue weighted by Crippen LogP contribution is 2.10. The second-order valence-corrected chi connectivity index (χ2v) is 5.73. The number of hydrogen-bond acceptors (Lipinski definition) is 4. The zero-order chi connectivity index (χ0) is 15.1. The highest BCUT2D eigenvalue weighted by atomic mass is 127. The molecule has 7 heteroatoms. The Morgan fingerprint density at radius 1 is 1.16 bits per heavy atom. The molecule has 0 aromatic heterocycles. The molecule has 0 atom stereocenters. The molecule has 0 fully saturated rings. The molecule has 0 aliphatic heterocycles. The van der Waals surface area contributed by atoms with E-state index in [0.29, 0.717) is 0 Å². The number of amides is 2. The maximum atomic E-state index is 11.9. The van der Waals surface area contributed by atoms with Crippen LogP contribution in [-0.4, -0.2) is 41.4 Å². The molecule has 0 saturated carbocycles. The number of carbonyl (C=O) groups excluding carboxylic acids is 3. The van der Waals surface area contributed by atoms with Crippen molar-refractivity contribution in [3.63, 3.8) is 0 Å². The lowest BCUT2D eigenvalue weighted by molar-refractivity contribution is -0.119. The van der Waals surface area contributed by atoms with Crippen molar-refractivity contribution in [2.24, 2.45) is 0 Å². The first kappa shape index (κ1) is 18.1. The van der Waals surface area contributed by atoms with Gasteiger partial charge < -0.3 is 9.64 Å². The van der Waals surface area contributed by atoms with Crippen molar-refractivity contribution in [3.05, 3.63) is 0 Å². The zero-order valence-electron chi connectivity index (χ0n) is 11.8. The van der Waals surface area contributed by atoms with Crippen LogP contribution in [0.15, 0.2) is 0 Å². The van der Waals surface area contributed by atoms with Crippen molar-refractivity contribution in [1.82, 2.24) is 8.43 Å². The van der Waals surface area contributed by atoms with E-state index in [9.17, 15) is 14.4 Å². The minimum absolute atomic E-state index is 0.00750. The van der Waals surface area contributed by atoms with Gasteiger partial charge in [-0.1, -0.05) is 0 Å². The van der Waals surface area contributed by atoms with E-state index in [1.165, 1.54) is 11.8 Å². The Hall–Kier alpha value is -0.860. The smallest absolute Gasteiger partial charge is 0.410 e. The molecule has 0 aliphatic carbocycles. The fourth-order valence-corrected chi connectivity index (χ4v) is 1.47. The Labute approximate surface area is 127 Å². The Morgan fingerprint density at radius 3 is 2.11 bits per heavy atom. The van der Waals surface area contributed by atoms with Crippen molar-refractivity contribution < 1.29 is 19.1 Å². The summed E-state index contributed by atoms with van der Waals surface area (Å²) in [5.74, 6) is -0.177. The van der Waals surface area contributed by atoms with Crippen molar-refractivity contribution in [2.45, 2.75) is 46.1 Å². The highest BCUT2D eigenvalue weighted by Gasteiger charge is 2.22. The van der Waals surface area contributed by atoms with Crippen molar-refractivity contribution in [1.29, 1.82) is 0 Å². The molecule has 0 saturated heterocycles. The Balaban J connectivity index is 4.51. The quantitative estimate of drug-likeness (QED) is 0.562. The van der Waals surface area contributed by atoms with Gasteiger partial charge in [-0.3, -0.25) is 13.1 Å². The van der Waals surface area contributed by atoms with Gasteiger partial charge in [0.2, 0.25) is 5.91 Å². The topological polar surface area (TPSA) is 75.7 Å². The van der Waals surface area contributed by atoms with Crippen LogP contribution in [-0.2, 0) is 14.3 Å². The van der Waals surface area contributed by atoms with Gasteiger partial charge in [0, 0.05) is 25.9 Å². The molecule has 0 rings (SSSR count). The minimum atomic E-state index is -0.600. The molecule has 2 amide bonds. The minimum Gasteiger partial charge on any atom is -0.444 e. The lowest BCUT2D eigenvalue weighted by Crippen LogP contribution is -2.39. The summed E-state index contributed by atoms with van der Waals surface area (Å²) in [4.78, 5) is 35.5. The summed E-state index contributed by atoms with van der Waals surface area (Å²) in [7, 11) is 0. The number of ether oxygens (including phenoxy) is 1. The number of nitrogens with zero attached hydrogens (tertiary/aromatic N) is 1. The van der Waals surface area contributed by atoms with E-state index >= 15 is 0 Å². The van der Waals surface area contributed by atoms with Crippen LogP contribution in [0.4, 0.5) is 4.79 Å². The van der Waals surface area contributed by atoms with Gasteiger partial charge in [0.15, 0.2) is 0 Å². The van der Waals surface area contributed by atoms with Crippen LogP contribution in [0.3, 0.4) is 0 Å². The van der Waals surface area contributed by atoms with Crippen LogP contribution < -0.4 is 3.53 Å². The molecule has 0 radical (unpaired) electrons. The highest BCUT2D eigenvalue weighted by molar-refractivity contribution is 14.1. The Kier molecular flexibility index (Phi) is 7.96. The number of halogens is 1. The van der Waals surface area contributed by atoms with Crippen molar-refractivity contribution in [3.8, 4) is 0 Å². The largest absolute Gasteiger partial charge is 0.444 e. The molecule has 19 heavy (non-hydrogen) atoms. The SMILES string of the molecule is CC(=O)CCN(CCC(=O)NI)C(=O)OC(C)(C)C. The third kappa shape index (κ3) is 9.69. The summed E-state index contributed by atoms with van der Waals surface area (Å²) in [6, 6.07) is 0. The summed E-state index contributed by atoms with van der Waals surface area (Å²) in [5.41, 5.74) is -0.600. The first-order valence-corrected chi connectivity index (χ1v) is 7.10. The molecular formula is C12H21IN2O4. The molecule has 0 bridgehead atoms. The Bertz CT molecular complexity index is 339. The normalized spacial score (nSPS) is 10.8. The van der Waals surface area contributed by atoms with Gasteiger partial charge in [-0.25, -0.2) is 4.79 Å². The fraction of sp³-hybridized carbons (Fsp3) is 0.750. The van der Waals surface area contributed by atoms with Crippen LogP contribution in [0.25, 0.3) is 0 Å². The molecule has 0 aromatic carbocycles. The molecular weight excluding hydrogens is 363 g/mol. The molecule has 0 heterocycles. The lowest BCUT2D eigenvalue weighted by Gasteiger charge is -2.27. The van der Waals surface area contributed by atoms with E-state index in [0.717, 1.165) is 0 Å². The van der Waals surface area contributed by atoms with Crippen LogP contribution in [0.2, 0.25) is 0 Å². The number of nitrogens with one attached hydrogen (secondary N) is 1. The van der Waals surface area contributed by atoms with Gasteiger partial charge in [-0.2, -0.15) is 0 Å². The van der Waals surface area contributed by atoms with E-state index in [1.54, 1.807) is 43.6 Å². The molecule has 0 aromatic rings. The van der Waals surface area contributed by atoms with Crippen LogP contribution >= 0.6 is 22.9 Å². The van der Waals surface area contributed by atoms with Gasteiger partial charge in [-0.05, 0) is 27.7 Å². The predicted octanol–water partition coefficient (Wildman–Crippen LogP) is 2.06. The number of hydrogen-bond donors (Lipinski definition) is 1. The van der Waals surface area contributed by atoms with E-state index < -0.39 is 11.7 Å². The van der Waals surface area contributed by atoms with Gasteiger partial charge in [-0.15, -0.1) is 0 Å². The summed E-state index contributed by atoms with van der Waals surface area (Å²) in [6.45, 7) is 7.27. The fourth-order valence-electron chi connectivity index (χ4n) is 1.20. The molecule has 6 nitrogen and oxygen atoms in total. The monoisotopic (exact) mass is 384 g/mol. The molecule has 110 valence electrons. The molecule has 0 spiro atoms. The van der Waals surface area contributed by atoms with Crippen molar-refractivity contribution >= 4 is 40.6 Å². The van der Waals surface area contributed by atoms with Crippen molar-refractivity contribution in [2.75, 3.05) is 13.1 Å². The third-order valence-electron chi connectivity index (χ3n) is 2.10. The summed E-state index contributed by atoms with van der Waals surface area (Å²) >= 11 is 1.74. The second-order valence-electron chi connectivity index (χ2n) is 5.19. The van der Waals surface area contributed by atoms with Gasteiger partial charge >= 0.3 is 6.09 Å². The standard InChI is InChI=1S/C12H21IN2O4/c1-9(16)5-7-15(8-6-10(17)14-13)11(18)19-12(2,3)4/h5-8H2,1-4H3,(H,14,17). The molecule has 0 unspecified atom stereocenters. The first-order valence-electron chi connectivity index (χ1n) is 6.02. The number of carbonyl (C=O) groups is 3. The van der Waals surface area contributed by atoms with E-state index in [1.807, 2.05) is 0 Å². The average Bonchev–Trinajstić information content (AvgIpc) is 2.25. The number of rotatable bonds is 6. The lowest BCUT2D eigenvalue weighted by atomic mass is 10.2.